The van der Waals surface area contributed by atoms with Gasteiger partial charge in [-0.15, -0.1) is 0 Å². The Labute approximate surface area is 135 Å². The van der Waals surface area contributed by atoms with Crippen LogP contribution in [0.1, 0.15) is 60.9 Å². The highest BCUT2D eigenvalue weighted by atomic mass is 16.4. The van der Waals surface area contributed by atoms with Crippen molar-refractivity contribution in [3.8, 4) is 12.1 Å². The first-order valence-corrected chi connectivity index (χ1v) is 7.99. The number of nitriles is 2. The third-order valence-corrected chi connectivity index (χ3v) is 4.06. The van der Waals surface area contributed by atoms with E-state index in [0.29, 0.717) is 24.3 Å². The largest absolute Gasteiger partial charge is 0.481 e. The van der Waals surface area contributed by atoms with Gasteiger partial charge in [0.25, 0.3) is 0 Å². The molecular weight excluding hydrogens is 292 g/mol. The Hall–Kier alpha value is -2.60. The third-order valence-electron chi connectivity index (χ3n) is 4.06. The summed E-state index contributed by atoms with van der Waals surface area (Å²) in [5, 5.41) is 30.6. The van der Waals surface area contributed by atoms with Crippen LogP contribution in [0.5, 0.6) is 0 Å². The number of aromatic nitrogens is 1. The van der Waals surface area contributed by atoms with Gasteiger partial charge in [-0.3, -0.25) is 4.79 Å². The van der Waals surface area contributed by atoms with Crippen LogP contribution in [0.25, 0.3) is 0 Å². The van der Waals surface area contributed by atoms with E-state index in [1.165, 1.54) is 0 Å². The van der Waals surface area contributed by atoms with Crippen molar-refractivity contribution in [2.45, 2.75) is 51.4 Å². The van der Waals surface area contributed by atoms with Crippen LogP contribution in [-0.2, 0) is 17.6 Å². The van der Waals surface area contributed by atoms with Crippen LogP contribution in [0.4, 0.5) is 5.82 Å². The number of carboxylic acids is 1. The van der Waals surface area contributed by atoms with Crippen molar-refractivity contribution >= 4 is 11.8 Å². The molecule has 2 rings (SSSR count). The molecule has 1 heterocycles. The van der Waals surface area contributed by atoms with Gasteiger partial charge in [0.05, 0.1) is 5.56 Å². The fraction of sp³-hybridized carbons (Fsp3) is 0.529. The molecule has 1 aromatic heterocycles. The quantitative estimate of drug-likeness (QED) is 0.809. The van der Waals surface area contributed by atoms with Crippen LogP contribution in [0.15, 0.2) is 0 Å². The second kappa shape index (κ2) is 8.14. The monoisotopic (exact) mass is 312 g/mol. The number of carbonyl (C=O) groups is 1. The second-order valence-corrected chi connectivity index (χ2v) is 5.70. The molecule has 0 amide bonds. The lowest BCUT2D eigenvalue weighted by Gasteiger charge is -2.18. The van der Waals surface area contributed by atoms with E-state index in [1.807, 2.05) is 0 Å². The first-order chi connectivity index (χ1) is 11.2. The molecule has 120 valence electrons. The molecule has 6 nitrogen and oxygen atoms in total. The predicted molar refractivity (Wildman–Crippen MR) is 84.9 cm³/mol. The molecule has 0 fully saturated rings. The van der Waals surface area contributed by atoms with Crippen LogP contribution in [0.2, 0.25) is 0 Å². The number of carboxylic acid groups (broad SMARTS) is 1. The highest BCUT2D eigenvalue weighted by molar-refractivity contribution is 5.67. The average Bonchev–Trinajstić information content (AvgIpc) is 2.51. The van der Waals surface area contributed by atoms with E-state index in [4.69, 9.17) is 5.11 Å². The summed E-state index contributed by atoms with van der Waals surface area (Å²) < 4.78 is 0. The Morgan fingerprint density at radius 3 is 2.48 bits per heavy atom. The molecule has 0 spiro atoms. The Morgan fingerprint density at radius 2 is 1.83 bits per heavy atom. The number of pyridine rings is 1. The third kappa shape index (κ3) is 4.20. The molecule has 2 N–H and O–H groups in total. The van der Waals surface area contributed by atoms with E-state index >= 15 is 0 Å². The molecule has 1 aromatic rings. The molecule has 0 unspecified atom stereocenters. The minimum Gasteiger partial charge on any atom is -0.481 e. The summed E-state index contributed by atoms with van der Waals surface area (Å²) in [6, 6.07) is 4.26. The number of fused-ring (bicyclic) bond motifs is 1. The van der Waals surface area contributed by atoms with E-state index in [1.54, 1.807) is 0 Å². The second-order valence-electron chi connectivity index (χ2n) is 5.70. The molecule has 0 saturated heterocycles. The van der Waals surface area contributed by atoms with E-state index < -0.39 is 5.97 Å². The number of nitrogens with zero attached hydrogens (tertiary/aromatic N) is 3. The van der Waals surface area contributed by atoms with Gasteiger partial charge in [0.2, 0.25) is 0 Å². The molecule has 0 atom stereocenters. The fourth-order valence-electron chi connectivity index (χ4n) is 2.90. The number of aliphatic carboxylic acids is 1. The van der Waals surface area contributed by atoms with Gasteiger partial charge < -0.3 is 10.4 Å². The fourth-order valence-corrected chi connectivity index (χ4v) is 2.90. The summed E-state index contributed by atoms with van der Waals surface area (Å²) in [4.78, 5) is 15.1. The minimum atomic E-state index is -0.851. The minimum absolute atomic E-state index is 0.0605. The number of anilines is 1. The standard InChI is InChI=1S/C17H20N4O2/c18-10-13-12-6-3-1-2-4-7-15(12)21-17(14(13)11-19)20-9-5-8-16(22)23/h1-9H2,(H,20,21)(H,22,23). The van der Waals surface area contributed by atoms with Crippen molar-refractivity contribution in [3.05, 3.63) is 22.4 Å². The van der Waals surface area contributed by atoms with Crippen molar-refractivity contribution in [1.29, 1.82) is 10.5 Å². The van der Waals surface area contributed by atoms with E-state index in [-0.39, 0.29) is 12.0 Å². The number of aryl methyl sites for hydroxylation is 1. The van der Waals surface area contributed by atoms with Crippen molar-refractivity contribution in [3.63, 3.8) is 0 Å². The Kier molecular flexibility index (Phi) is 5.94. The topological polar surface area (TPSA) is 110 Å². The molecule has 0 radical (unpaired) electrons. The summed E-state index contributed by atoms with van der Waals surface area (Å²) >= 11 is 0. The zero-order valence-corrected chi connectivity index (χ0v) is 13.1. The van der Waals surface area contributed by atoms with Gasteiger partial charge in [-0.1, -0.05) is 12.8 Å². The maximum atomic E-state index is 10.6. The van der Waals surface area contributed by atoms with Gasteiger partial charge in [-0.25, -0.2) is 4.98 Å². The molecule has 23 heavy (non-hydrogen) atoms. The highest BCUT2D eigenvalue weighted by Gasteiger charge is 2.20. The molecular formula is C17H20N4O2. The summed E-state index contributed by atoms with van der Waals surface area (Å²) in [5.74, 6) is -0.440. The lowest BCUT2D eigenvalue weighted by Crippen LogP contribution is -2.13. The van der Waals surface area contributed by atoms with Crippen LogP contribution in [0.3, 0.4) is 0 Å². The zero-order chi connectivity index (χ0) is 16.7. The number of hydrogen-bond acceptors (Lipinski definition) is 5. The number of nitrogens with one attached hydrogen (secondary N) is 1. The van der Waals surface area contributed by atoms with Gasteiger partial charge in [-0.2, -0.15) is 10.5 Å². The number of hydrogen-bond donors (Lipinski definition) is 2. The normalized spacial score (nSPS) is 13.8. The van der Waals surface area contributed by atoms with Gasteiger partial charge >= 0.3 is 5.97 Å². The van der Waals surface area contributed by atoms with Crippen molar-refractivity contribution in [1.82, 2.24) is 4.98 Å². The molecule has 1 aliphatic carbocycles. The summed E-state index contributed by atoms with van der Waals surface area (Å²) in [6.07, 6.45) is 6.46. The van der Waals surface area contributed by atoms with Crippen LogP contribution in [-0.4, -0.2) is 22.6 Å². The molecule has 0 saturated carbocycles. The van der Waals surface area contributed by atoms with E-state index in [0.717, 1.165) is 49.8 Å². The van der Waals surface area contributed by atoms with Gasteiger partial charge in [0.15, 0.2) is 0 Å². The van der Waals surface area contributed by atoms with Gasteiger partial charge in [0.1, 0.15) is 23.5 Å². The van der Waals surface area contributed by atoms with E-state index in [9.17, 15) is 15.3 Å². The van der Waals surface area contributed by atoms with Crippen LogP contribution < -0.4 is 5.32 Å². The van der Waals surface area contributed by atoms with Crippen LogP contribution >= 0.6 is 0 Å². The smallest absolute Gasteiger partial charge is 0.303 e. The van der Waals surface area contributed by atoms with Crippen molar-refractivity contribution in [2.24, 2.45) is 0 Å². The molecule has 6 heteroatoms. The lowest BCUT2D eigenvalue weighted by atomic mass is 9.91. The molecule has 0 aromatic carbocycles. The molecule has 0 aliphatic heterocycles. The molecule has 1 aliphatic rings. The zero-order valence-electron chi connectivity index (χ0n) is 13.1. The summed E-state index contributed by atoms with van der Waals surface area (Å²) in [6.45, 7) is 0.414. The van der Waals surface area contributed by atoms with Gasteiger partial charge in [0, 0.05) is 18.7 Å². The maximum absolute atomic E-state index is 10.6. The molecule has 0 bridgehead atoms. The Morgan fingerprint density at radius 1 is 1.13 bits per heavy atom. The van der Waals surface area contributed by atoms with Crippen molar-refractivity contribution < 1.29 is 9.90 Å². The SMILES string of the molecule is N#Cc1c(NCCCC(=O)O)nc2c(c1C#N)CCCCCC2. The van der Waals surface area contributed by atoms with Crippen LogP contribution in [0, 0.1) is 22.7 Å². The van der Waals surface area contributed by atoms with Gasteiger partial charge in [-0.05, 0) is 37.7 Å². The van der Waals surface area contributed by atoms with Crippen molar-refractivity contribution in [2.75, 3.05) is 11.9 Å². The Bertz CT molecular complexity index is 671. The lowest BCUT2D eigenvalue weighted by molar-refractivity contribution is -0.137. The van der Waals surface area contributed by atoms with E-state index in [2.05, 4.69) is 22.4 Å². The maximum Gasteiger partial charge on any atom is 0.303 e. The Balaban J connectivity index is 2.31. The first kappa shape index (κ1) is 16.8. The summed E-state index contributed by atoms with van der Waals surface area (Å²) in [5.41, 5.74) is 2.53. The predicted octanol–water partition coefficient (Wildman–Crippen LogP) is 2.76. The average molecular weight is 312 g/mol. The number of rotatable bonds is 5. The first-order valence-electron chi connectivity index (χ1n) is 7.99. The highest BCUT2D eigenvalue weighted by Crippen LogP contribution is 2.28. The summed E-state index contributed by atoms with van der Waals surface area (Å²) in [7, 11) is 0.